The van der Waals surface area contributed by atoms with E-state index < -0.39 is 0 Å². The van der Waals surface area contributed by atoms with Crippen LogP contribution in [0.3, 0.4) is 0 Å². The van der Waals surface area contributed by atoms with Crippen LogP contribution in [0.4, 0.5) is 17.8 Å². The maximum absolute atomic E-state index is 5.58. The quantitative estimate of drug-likeness (QED) is 0.581. The number of azo groups is 1. The highest BCUT2D eigenvalue weighted by Crippen LogP contribution is 2.14. The number of aromatic nitrogens is 5. The zero-order chi connectivity index (χ0) is 10.1. The highest BCUT2D eigenvalue weighted by Gasteiger charge is 2.10. The van der Waals surface area contributed by atoms with E-state index in [1.165, 1.54) is 11.4 Å². The molecule has 0 spiro atoms. The minimum absolute atomic E-state index is 0.0439. The van der Waals surface area contributed by atoms with Gasteiger partial charge in [0.05, 0.1) is 0 Å². The number of hydrogen-bond donors (Lipinski definition) is 2. The van der Waals surface area contributed by atoms with Gasteiger partial charge in [-0.15, -0.1) is 15.3 Å². The summed E-state index contributed by atoms with van der Waals surface area (Å²) in [5, 5.41) is 14.7. The first-order valence-corrected chi connectivity index (χ1v) is 3.66. The van der Waals surface area contributed by atoms with Gasteiger partial charge < -0.3 is 11.5 Å². The molecule has 2 rings (SSSR count). The highest BCUT2D eigenvalue weighted by atomic mass is 15.4. The lowest BCUT2D eigenvalue weighted by atomic mass is 10.8. The van der Waals surface area contributed by atoms with Crippen LogP contribution < -0.4 is 11.5 Å². The zero-order valence-corrected chi connectivity index (χ0v) is 7.29. The summed E-state index contributed by atoms with van der Waals surface area (Å²) in [6, 6.07) is 0. The second kappa shape index (κ2) is 2.87. The molecule has 0 saturated heterocycles. The summed E-state index contributed by atoms with van der Waals surface area (Å²) in [4.78, 5) is 7.56. The van der Waals surface area contributed by atoms with Crippen LogP contribution in [0, 0.1) is 0 Å². The van der Waals surface area contributed by atoms with Gasteiger partial charge in [-0.2, -0.15) is 15.1 Å². The Hall–Kier alpha value is -2.32. The molecule has 2 heterocycles. The van der Waals surface area contributed by atoms with Crippen LogP contribution in [0.5, 0.6) is 0 Å². The SMILES string of the molecule is CN=Nc1nnc2nc(N)nc(N)n12. The van der Waals surface area contributed by atoms with Crippen molar-refractivity contribution in [1.82, 2.24) is 24.6 Å². The molecule has 0 aliphatic heterocycles. The van der Waals surface area contributed by atoms with Crippen molar-refractivity contribution in [2.24, 2.45) is 10.2 Å². The Bertz CT molecular complexity index is 497. The van der Waals surface area contributed by atoms with E-state index in [1.54, 1.807) is 0 Å². The van der Waals surface area contributed by atoms with Gasteiger partial charge in [-0.3, -0.25) is 0 Å². The van der Waals surface area contributed by atoms with Crippen LogP contribution in [0.25, 0.3) is 5.78 Å². The van der Waals surface area contributed by atoms with Crippen LogP contribution in [0.1, 0.15) is 0 Å². The second-order valence-corrected chi connectivity index (χ2v) is 2.38. The third-order valence-electron chi connectivity index (χ3n) is 1.49. The van der Waals surface area contributed by atoms with Gasteiger partial charge in [0.15, 0.2) is 0 Å². The van der Waals surface area contributed by atoms with Gasteiger partial charge in [-0.25, -0.2) is 4.40 Å². The Morgan fingerprint density at radius 2 is 2.00 bits per heavy atom. The van der Waals surface area contributed by atoms with Crippen molar-refractivity contribution in [2.45, 2.75) is 0 Å². The molecule has 4 N–H and O–H groups in total. The number of nitrogens with zero attached hydrogens (tertiary/aromatic N) is 7. The van der Waals surface area contributed by atoms with E-state index in [0.717, 1.165) is 0 Å². The number of hydrogen-bond acceptors (Lipinski definition) is 8. The normalized spacial score (nSPS) is 11.5. The van der Waals surface area contributed by atoms with Crippen molar-refractivity contribution >= 4 is 23.6 Å². The Balaban J connectivity index is 2.78. The summed E-state index contributed by atoms with van der Waals surface area (Å²) in [6.07, 6.45) is 0. The fourth-order valence-electron chi connectivity index (χ4n) is 0.995. The molecule has 0 fully saturated rings. The van der Waals surface area contributed by atoms with Gasteiger partial charge in [0.2, 0.25) is 11.9 Å². The van der Waals surface area contributed by atoms with Crippen molar-refractivity contribution < 1.29 is 0 Å². The average Bonchev–Trinajstić information content (AvgIpc) is 2.49. The third kappa shape index (κ3) is 1.11. The molecule has 0 aliphatic rings. The van der Waals surface area contributed by atoms with Crippen molar-refractivity contribution in [1.29, 1.82) is 0 Å². The van der Waals surface area contributed by atoms with E-state index in [4.69, 9.17) is 11.5 Å². The molecule has 0 saturated carbocycles. The topological polar surface area (TPSA) is 133 Å². The number of fused-ring (bicyclic) bond motifs is 1. The van der Waals surface area contributed by atoms with Gasteiger partial charge in [0.1, 0.15) is 0 Å². The molecule has 9 nitrogen and oxygen atoms in total. The van der Waals surface area contributed by atoms with Crippen LogP contribution in [0.15, 0.2) is 10.2 Å². The van der Waals surface area contributed by atoms with Gasteiger partial charge in [-0.1, -0.05) is 0 Å². The van der Waals surface area contributed by atoms with E-state index in [1.807, 2.05) is 0 Å². The molecule has 0 radical (unpaired) electrons. The molecule has 2 aromatic rings. The smallest absolute Gasteiger partial charge is 0.278 e. The van der Waals surface area contributed by atoms with E-state index in [-0.39, 0.29) is 23.6 Å². The fourth-order valence-corrected chi connectivity index (χ4v) is 0.995. The molecule has 0 aromatic carbocycles. The van der Waals surface area contributed by atoms with Crippen molar-refractivity contribution in [3.05, 3.63) is 0 Å². The number of rotatable bonds is 1. The Labute approximate surface area is 77.9 Å². The molecule has 0 amide bonds. The molecule has 14 heavy (non-hydrogen) atoms. The first kappa shape index (κ1) is 8.29. The molecule has 0 aliphatic carbocycles. The van der Waals surface area contributed by atoms with Crippen LogP contribution >= 0.6 is 0 Å². The standard InChI is InChI=1S/C5H7N9/c1-8-11-5-13-12-4-10-2(6)9-3(7)14(4)5/h1H3,(H4,6,7,9,10,12). The molecular weight excluding hydrogens is 186 g/mol. The van der Waals surface area contributed by atoms with Gasteiger partial charge in [0, 0.05) is 7.05 Å². The largest absolute Gasteiger partial charge is 0.369 e. The molecule has 0 bridgehead atoms. The van der Waals surface area contributed by atoms with Crippen LogP contribution in [-0.2, 0) is 0 Å². The average molecular weight is 193 g/mol. The van der Waals surface area contributed by atoms with Crippen LogP contribution in [-0.4, -0.2) is 31.6 Å². The molecular formula is C5H7N9. The third-order valence-corrected chi connectivity index (χ3v) is 1.49. The molecule has 0 unspecified atom stereocenters. The Morgan fingerprint density at radius 1 is 1.21 bits per heavy atom. The van der Waals surface area contributed by atoms with E-state index in [2.05, 4.69) is 30.4 Å². The monoisotopic (exact) mass is 193 g/mol. The minimum atomic E-state index is 0.0439. The summed E-state index contributed by atoms with van der Waals surface area (Å²) in [7, 11) is 1.51. The van der Waals surface area contributed by atoms with Crippen molar-refractivity contribution in [3.8, 4) is 0 Å². The molecule has 2 aromatic heterocycles. The first-order chi connectivity index (χ1) is 6.72. The van der Waals surface area contributed by atoms with Crippen molar-refractivity contribution in [3.63, 3.8) is 0 Å². The van der Waals surface area contributed by atoms with E-state index >= 15 is 0 Å². The Morgan fingerprint density at radius 3 is 2.71 bits per heavy atom. The summed E-state index contributed by atoms with van der Waals surface area (Å²) in [5.74, 6) is 0.639. The predicted octanol–water partition coefficient (Wildman–Crippen LogP) is -0.603. The maximum atomic E-state index is 5.58. The van der Waals surface area contributed by atoms with E-state index in [0.29, 0.717) is 0 Å². The van der Waals surface area contributed by atoms with Gasteiger partial charge in [0.25, 0.3) is 11.7 Å². The molecule has 0 atom stereocenters. The first-order valence-electron chi connectivity index (χ1n) is 3.66. The summed E-state index contributed by atoms with van der Waals surface area (Å²) >= 11 is 0. The number of nitrogens with two attached hydrogens (primary N) is 2. The summed E-state index contributed by atoms with van der Waals surface area (Å²) in [6.45, 7) is 0. The Kier molecular flexibility index (Phi) is 1.70. The van der Waals surface area contributed by atoms with Gasteiger partial charge >= 0.3 is 0 Å². The van der Waals surface area contributed by atoms with Crippen molar-refractivity contribution in [2.75, 3.05) is 18.5 Å². The number of anilines is 2. The minimum Gasteiger partial charge on any atom is -0.369 e. The summed E-state index contributed by atoms with van der Waals surface area (Å²) in [5.41, 5.74) is 11.0. The lowest BCUT2D eigenvalue weighted by molar-refractivity contribution is 0.995. The lowest BCUT2D eigenvalue weighted by Crippen LogP contribution is -2.05. The molecule has 72 valence electrons. The predicted molar refractivity (Wildman–Crippen MR) is 47.8 cm³/mol. The zero-order valence-electron chi connectivity index (χ0n) is 7.29. The fraction of sp³-hybridized carbons (Fsp3) is 0.200. The summed E-state index contributed by atoms with van der Waals surface area (Å²) < 4.78 is 1.35. The molecule has 9 heteroatoms. The number of nitrogen functional groups attached to an aromatic ring is 2. The lowest BCUT2D eigenvalue weighted by Gasteiger charge is -1.98. The van der Waals surface area contributed by atoms with Gasteiger partial charge in [-0.05, 0) is 0 Å². The van der Waals surface area contributed by atoms with Crippen LogP contribution in [0.2, 0.25) is 0 Å². The maximum Gasteiger partial charge on any atom is 0.278 e. The van der Waals surface area contributed by atoms with E-state index in [9.17, 15) is 0 Å². The highest BCUT2D eigenvalue weighted by molar-refractivity contribution is 5.46. The second-order valence-electron chi connectivity index (χ2n) is 2.38.